The first-order chi connectivity index (χ1) is 9.28. The van der Waals surface area contributed by atoms with E-state index in [0.29, 0.717) is 6.54 Å². The predicted octanol–water partition coefficient (Wildman–Crippen LogP) is 4.66. The van der Waals surface area contributed by atoms with Gasteiger partial charge in [0.2, 0.25) is 0 Å². The van der Waals surface area contributed by atoms with Gasteiger partial charge in [-0.1, -0.05) is 15.9 Å². The Labute approximate surface area is 127 Å². The topological polar surface area (TPSA) is 29.5 Å². The highest BCUT2D eigenvalue weighted by Crippen LogP contribution is 2.37. The van der Waals surface area contributed by atoms with E-state index in [2.05, 4.69) is 15.9 Å². The lowest BCUT2D eigenvalue weighted by Crippen LogP contribution is -2.36. The van der Waals surface area contributed by atoms with Gasteiger partial charge in [-0.15, -0.1) is 0 Å². The third-order valence-corrected chi connectivity index (χ3v) is 3.92. The lowest BCUT2D eigenvalue weighted by Gasteiger charge is -2.29. The number of hydrogen-bond acceptors (Lipinski definition) is 2. The number of rotatable bonds is 1. The van der Waals surface area contributed by atoms with Crippen molar-refractivity contribution in [3.63, 3.8) is 0 Å². The molecule has 1 heterocycles. The van der Waals surface area contributed by atoms with Gasteiger partial charge in [-0.05, 0) is 57.4 Å². The summed E-state index contributed by atoms with van der Waals surface area (Å²) in [5.41, 5.74) is 0.275. The quantitative estimate of drug-likeness (QED) is 0.742. The third kappa shape index (κ3) is 3.51. The molecule has 0 saturated carbocycles. The molecule has 1 aliphatic heterocycles. The van der Waals surface area contributed by atoms with Crippen LogP contribution in [-0.4, -0.2) is 23.1 Å². The molecule has 0 aliphatic carbocycles. The van der Waals surface area contributed by atoms with E-state index < -0.39 is 5.60 Å². The van der Waals surface area contributed by atoms with Crippen molar-refractivity contribution in [1.82, 2.24) is 4.90 Å². The Morgan fingerprint density at radius 1 is 1.45 bits per heavy atom. The van der Waals surface area contributed by atoms with Crippen LogP contribution in [-0.2, 0) is 4.74 Å². The molecular formula is C15H19BrFNO2. The fraction of sp³-hybridized carbons (Fsp3) is 0.533. The number of nitrogens with zero attached hydrogens (tertiary/aromatic N) is 1. The monoisotopic (exact) mass is 343 g/mol. The highest BCUT2D eigenvalue weighted by Gasteiger charge is 2.34. The molecule has 0 radical (unpaired) electrons. The van der Waals surface area contributed by atoms with Crippen LogP contribution in [0.15, 0.2) is 22.7 Å². The minimum atomic E-state index is -0.524. The SMILES string of the molecule is CC(C)(C)OC(=O)N1CCCC1c1cc(F)ccc1Br. The van der Waals surface area contributed by atoms with E-state index in [4.69, 9.17) is 4.74 Å². The van der Waals surface area contributed by atoms with E-state index in [1.165, 1.54) is 12.1 Å². The zero-order chi connectivity index (χ0) is 14.9. The Bertz CT molecular complexity index is 513. The number of likely N-dealkylation sites (tertiary alicyclic amines) is 1. The van der Waals surface area contributed by atoms with Gasteiger partial charge >= 0.3 is 6.09 Å². The molecule has 110 valence electrons. The Morgan fingerprint density at radius 2 is 2.15 bits per heavy atom. The van der Waals surface area contributed by atoms with Gasteiger partial charge in [-0.25, -0.2) is 9.18 Å². The van der Waals surface area contributed by atoms with Crippen molar-refractivity contribution in [3.8, 4) is 0 Å². The molecule has 0 aromatic heterocycles. The van der Waals surface area contributed by atoms with Crippen LogP contribution >= 0.6 is 15.9 Å². The van der Waals surface area contributed by atoms with Crippen LogP contribution in [0.1, 0.15) is 45.2 Å². The van der Waals surface area contributed by atoms with Crippen molar-refractivity contribution in [2.24, 2.45) is 0 Å². The van der Waals surface area contributed by atoms with Crippen molar-refractivity contribution in [3.05, 3.63) is 34.1 Å². The van der Waals surface area contributed by atoms with Gasteiger partial charge in [-0.2, -0.15) is 0 Å². The minimum Gasteiger partial charge on any atom is -0.444 e. The molecule has 1 aromatic rings. The van der Waals surface area contributed by atoms with Crippen molar-refractivity contribution in [2.45, 2.75) is 45.3 Å². The Balaban J connectivity index is 2.23. The zero-order valence-corrected chi connectivity index (χ0v) is 13.5. The number of carbonyl (C=O) groups is 1. The molecule has 1 fully saturated rings. The van der Waals surface area contributed by atoms with Gasteiger partial charge in [-0.3, -0.25) is 0 Å². The molecule has 3 nitrogen and oxygen atoms in total. The smallest absolute Gasteiger partial charge is 0.410 e. The van der Waals surface area contributed by atoms with E-state index in [-0.39, 0.29) is 18.0 Å². The highest BCUT2D eigenvalue weighted by molar-refractivity contribution is 9.10. The van der Waals surface area contributed by atoms with Crippen molar-refractivity contribution in [1.29, 1.82) is 0 Å². The van der Waals surface area contributed by atoms with Crippen LogP contribution in [0.25, 0.3) is 0 Å². The summed E-state index contributed by atoms with van der Waals surface area (Å²) in [6.45, 7) is 6.17. The highest BCUT2D eigenvalue weighted by atomic mass is 79.9. The van der Waals surface area contributed by atoms with Crippen LogP contribution in [0.5, 0.6) is 0 Å². The maximum absolute atomic E-state index is 13.4. The average molecular weight is 344 g/mol. The Hall–Kier alpha value is -1.10. The maximum atomic E-state index is 13.4. The number of halogens is 2. The summed E-state index contributed by atoms with van der Waals surface area (Å²) in [5, 5.41) is 0. The van der Waals surface area contributed by atoms with Crippen LogP contribution < -0.4 is 0 Å². The fourth-order valence-corrected chi connectivity index (χ4v) is 2.91. The molecule has 1 amide bonds. The lowest BCUT2D eigenvalue weighted by molar-refractivity contribution is 0.0224. The van der Waals surface area contributed by atoms with Crippen molar-refractivity contribution < 1.29 is 13.9 Å². The summed E-state index contributed by atoms with van der Waals surface area (Å²) >= 11 is 3.43. The minimum absolute atomic E-state index is 0.130. The number of amides is 1. The van der Waals surface area contributed by atoms with E-state index in [1.54, 1.807) is 11.0 Å². The molecule has 1 saturated heterocycles. The van der Waals surface area contributed by atoms with E-state index in [0.717, 1.165) is 22.9 Å². The van der Waals surface area contributed by atoms with E-state index in [9.17, 15) is 9.18 Å². The van der Waals surface area contributed by atoms with Crippen LogP contribution in [0, 0.1) is 5.82 Å². The number of ether oxygens (including phenoxy) is 1. The third-order valence-electron chi connectivity index (χ3n) is 3.20. The number of hydrogen-bond donors (Lipinski definition) is 0. The van der Waals surface area contributed by atoms with Crippen molar-refractivity contribution in [2.75, 3.05) is 6.54 Å². The first kappa shape index (κ1) is 15.3. The number of carbonyl (C=O) groups excluding carboxylic acids is 1. The molecule has 1 atom stereocenters. The second-order valence-corrected chi connectivity index (χ2v) is 6.85. The van der Waals surface area contributed by atoms with Crippen LogP contribution in [0.4, 0.5) is 9.18 Å². The van der Waals surface area contributed by atoms with Gasteiger partial charge in [0.05, 0.1) is 6.04 Å². The van der Waals surface area contributed by atoms with Gasteiger partial charge in [0.25, 0.3) is 0 Å². The predicted molar refractivity (Wildman–Crippen MR) is 79.0 cm³/mol. The van der Waals surface area contributed by atoms with Gasteiger partial charge in [0, 0.05) is 11.0 Å². The molecule has 0 bridgehead atoms. The molecule has 0 N–H and O–H groups in total. The Morgan fingerprint density at radius 3 is 2.80 bits per heavy atom. The summed E-state index contributed by atoms with van der Waals surface area (Å²) in [6.07, 6.45) is 1.38. The standard InChI is InChI=1S/C15H19BrFNO2/c1-15(2,3)20-14(19)18-8-4-5-13(18)11-9-10(17)6-7-12(11)16/h6-7,9,13H,4-5,8H2,1-3H3. The summed E-state index contributed by atoms with van der Waals surface area (Å²) in [4.78, 5) is 13.9. The normalized spacial score (nSPS) is 19.2. The van der Waals surface area contributed by atoms with Crippen LogP contribution in [0.3, 0.4) is 0 Å². The van der Waals surface area contributed by atoms with Crippen LogP contribution in [0.2, 0.25) is 0 Å². The fourth-order valence-electron chi connectivity index (χ4n) is 2.40. The molecule has 0 spiro atoms. The first-order valence-electron chi connectivity index (χ1n) is 6.72. The van der Waals surface area contributed by atoms with Gasteiger partial charge < -0.3 is 9.64 Å². The van der Waals surface area contributed by atoms with Gasteiger partial charge in [0.15, 0.2) is 0 Å². The second-order valence-electron chi connectivity index (χ2n) is 6.00. The molecule has 1 aliphatic rings. The first-order valence-corrected chi connectivity index (χ1v) is 7.52. The van der Waals surface area contributed by atoms with Gasteiger partial charge in [0.1, 0.15) is 11.4 Å². The van der Waals surface area contributed by atoms with E-state index in [1.807, 2.05) is 20.8 Å². The Kier molecular flexibility index (Phi) is 4.37. The molecule has 20 heavy (non-hydrogen) atoms. The molecule has 5 heteroatoms. The van der Waals surface area contributed by atoms with Crippen molar-refractivity contribution >= 4 is 22.0 Å². The molecular weight excluding hydrogens is 325 g/mol. The number of benzene rings is 1. The maximum Gasteiger partial charge on any atom is 0.410 e. The average Bonchev–Trinajstić information content (AvgIpc) is 2.79. The molecule has 2 rings (SSSR count). The lowest BCUT2D eigenvalue weighted by atomic mass is 10.0. The largest absolute Gasteiger partial charge is 0.444 e. The summed E-state index contributed by atoms with van der Waals surface area (Å²) in [5.74, 6) is -0.292. The summed E-state index contributed by atoms with van der Waals surface area (Å²) < 4.78 is 19.7. The second kappa shape index (κ2) is 5.72. The zero-order valence-electron chi connectivity index (χ0n) is 12.0. The van der Waals surface area contributed by atoms with E-state index >= 15 is 0 Å². The summed E-state index contributed by atoms with van der Waals surface area (Å²) in [6, 6.07) is 4.43. The molecule has 1 aromatic carbocycles. The summed E-state index contributed by atoms with van der Waals surface area (Å²) in [7, 11) is 0. The molecule has 1 unspecified atom stereocenters.